The zero-order valence-corrected chi connectivity index (χ0v) is 18.6. The summed E-state index contributed by atoms with van der Waals surface area (Å²) >= 11 is 0. The number of anilines is 3. The molecule has 3 rings (SSSR count). The van der Waals surface area contributed by atoms with Crippen molar-refractivity contribution in [3.8, 4) is 0 Å². The smallest absolute Gasteiger partial charge is 0.416 e. The third kappa shape index (κ3) is 6.80. The normalized spacial score (nSPS) is 16.8. The lowest BCUT2D eigenvalue weighted by molar-refractivity contribution is -0.137. The van der Waals surface area contributed by atoms with Crippen LogP contribution in [0.4, 0.5) is 35.3 Å². The van der Waals surface area contributed by atoms with Crippen molar-refractivity contribution >= 4 is 29.3 Å². The summed E-state index contributed by atoms with van der Waals surface area (Å²) in [5.74, 6) is -0.463. The fourth-order valence-electron chi connectivity index (χ4n) is 3.41. The number of aromatic nitrogens is 2. The summed E-state index contributed by atoms with van der Waals surface area (Å²) in [6.45, 7) is 5.97. The topological polar surface area (TPSA) is 96.5 Å². The van der Waals surface area contributed by atoms with Gasteiger partial charge in [0, 0.05) is 25.5 Å². The monoisotopic (exact) mass is 465 g/mol. The number of carbonyl (C=O) groups is 2. The third-order valence-corrected chi connectivity index (χ3v) is 4.87. The van der Waals surface area contributed by atoms with Crippen LogP contribution in [0.1, 0.15) is 39.2 Å². The van der Waals surface area contributed by atoms with Crippen molar-refractivity contribution in [1.29, 1.82) is 0 Å². The lowest BCUT2D eigenvalue weighted by Gasteiger charge is -2.32. The summed E-state index contributed by atoms with van der Waals surface area (Å²) in [6, 6.07) is 4.40. The first kappa shape index (κ1) is 24.3. The molecule has 1 aromatic carbocycles. The second kappa shape index (κ2) is 9.63. The van der Waals surface area contributed by atoms with Crippen LogP contribution in [0.3, 0.4) is 0 Å². The molecule has 1 aliphatic heterocycles. The van der Waals surface area contributed by atoms with Gasteiger partial charge in [0.2, 0.25) is 11.9 Å². The largest absolute Gasteiger partial charge is 0.444 e. The molecule has 2 heterocycles. The summed E-state index contributed by atoms with van der Waals surface area (Å²) in [7, 11) is 0. The maximum absolute atomic E-state index is 13.3. The number of hydrogen-bond donors (Lipinski definition) is 2. The van der Waals surface area contributed by atoms with E-state index in [-0.39, 0.29) is 11.4 Å². The zero-order valence-electron chi connectivity index (χ0n) is 18.6. The number of rotatable bonds is 4. The maximum atomic E-state index is 13.3. The summed E-state index contributed by atoms with van der Waals surface area (Å²) < 4.78 is 45.0. The van der Waals surface area contributed by atoms with Crippen molar-refractivity contribution in [3.63, 3.8) is 0 Å². The number of hydrogen-bond acceptors (Lipinski definition) is 6. The van der Waals surface area contributed by atoms with Gasteiger partial charge in [0.15, 0.2) is 0 Å². The van der Waals surface area contributed by atoms with Crippen molar-refractivity contribution in [2.24, 2.45) is 5.92 Å². The van der Waals surface area contributed by atoms with Crippen molar-refractivity contribution in [1.82, 2.24) is 9.97 Å². The van der Waals surface area contributed by atoms with Crippen LogP contribution < -0.4 is 15.5 Å². The molecule has 1 aliphatic rings. The van der Waals surface area contributed by atoms with E-state index in [9.17, 15) is 22.8 Å². The lowest BCUT2D eigenvalue weighted by Crippen LogP contribution is -2.41. The van der Waals surface area contributed by atoms with E-state index in [0.717, 1.165) is 18.2 Å². The van der Waals surface area contributed by atoms with Crippen LogP contribution in [0.15, 0.2) is 36.7 Å². The quantitative estimate of drug-likeness (QED) is 0.680. The number of piperidine rings is 1. The minimum Gasteiger partial charge on any atom is -0.444 e. The predicted molar refractivity (Wildman–Crippen MR) is 117 cm³/mol. The first-order chi connectivity index (χ1) is 15.4. The first-order valence-corrected chi connectivity index (χ1v) is 10.5. The van der Waals surface area contributed by atoms with Gasteiger partial charge in [-0.05, 0) is 57.9 Å². The Labute approximate surface area is 189 Å². The highest BCUT2D eigenvalue weighted by molar-refractivity contribution is 5.99. The van der Waals surface area contributed by atoms with Crippen LogP contribution >= 0.6 is 0 Å². The Morgan fingerprint density at radius 3 is 2.42 bits per heavy atom. The molecule has 2 aromatic rings. The Hall–Kier alpha value is -3.37. The van der Waals surface area contributed by atoms with Crippen LogP contribution in [0, 0.1) is 5.92 Å². The molecule has 0 aliphatic carbocycles. The van der Waals surface area contributed by atoms with E-state index in [0.29, 0.717) is 31.9 Å². The van der Waals surface area contributed by atoms with E-state index >= 15 is 0 Å². The zero-order chi connectivity index (χ0) is 24.2. The van der Waals surface area contributed by atoms with Gasteiger partial charge in [-0.2, -0.15) is 13.2 Å². The van der Waals surface area contributed by atoms with E-state index in [2.05, 4.69) is 20.6 Å². The molecule has 1 atom stereocenters. The highest BCUT2D eigenvalue weighted by Gasteiger charge is 2.33. The molecule has 0 spiro atoms. The molecule has 1 unspecified atom stereocenters. The van der Waals surface area contributed by atoms with Gasteiger partial charge in [0.25, 0.3) is 0 Å². The van der Waals surface area contributed by atoms with E-state index < -0.39 is 35.3 Å². The van der Waals surface area contributed by atoms with Gasteiger partial charge in [0.05, 0.1) is 22.9 Å². The van der Waals surface area contributed by atoms with Crippen molar-refractivity contribution in [2.75, 3.05) is 28.6 Å². The number of ether oxygens (including phenoxy) is 1. The van der Waals surface area contributed by atoms with Gasteiger partial charge >= 0.3 is 12.3 Å². The molecule has 0 saturated carbocycles. The minimum absolute atomic E-state index is 0.00431. The standard InChI is InChI=1S/C22H26F3N5O3/c1-21(2,3)33-20(32)29-16-8-7-15(22(23,24)25)12-17(16)28-18(31)14-6-4-11-30(13-14)19-26-9-5-10-27-19/h5,7-10,12,14H,4,6,11,13H2,1-3H3,(H,28,31)(H,29,32). The Morgan fingerprint density at radius 2 is 1.79 bits per heavy atom. The van der Waals surface area contributed by atoms with Gasteiger partial charge in [-0.1, -0.05) is 0 Å². The lowest BCUT2D eigenvalue weighted by atomic mass is 9.97. The number of nitrogens with zero attached hydrogens (tertiary/aromatic N) is 3. The SMILES string of the molecule is CC(C)(C)OC(=O)Nc1ccc(C(F)(F)F)cc1NC(=O)C1CCCN(c2ncccn2)C1. The molecule has 0 radical (unpaired) electrons. The Morgan fingerprint density at radius 1 is 1.09 bits per heavy atom. The molecule has 0 bridgehead atoms. The molecule has 33 heavy (non-hydrogen) atoms. The molecule has 8 nitrogen and oxygen atoms in total. The van der Waals surface area contributed by atoms with Gasteiger partial charge in [-0.15, -0.1) is 0 Å². The van der Waals surface area contributed by atoms with Crippen LogP contribution in [0.2, 0.25) is 0 Å². The summed E-state index contributed by atoms with van der Waals surface area (Å²) in [5.41, 5.74) is -1.90. The number of amides is 2. The van der Waals surface area contributed by atoms with E-state index in [1.165, 1.54) is 0 Å². The van der Waals surface area contributed by atoms with Crippen molar-refractivity contribution in [2.45, 2.75) is 45.4 Å². The second-order valence-electron chi connectivity index (χ2n) is 8.71. The Balaban J connectivity index is 1.79. The molecule has 11 heteroatoms. The van der Waals surface area contributed by atoms with E-state index in [1.807, 2.05) is 4.90 Å². The van der Waals surface area contributed by atoms with Crippen molar-refractivity contribution in [3.05, 3.63) is 42.2 Å². The number of halogens is 3. The average molecular weight is 465 g/mol. The number of carbonyl (C=O) groups excluding carboxylic acids is 2. The van der Waals surface area contributed by atoms with E-state index in [4.69, 9.17) is 4.74 Å². The summed E-state index contributed by atoms with van der Waals surface area (Å²) in [4.78, 5) is 35.4. The Bertz CT molecular complexity index is 993. The third-order valence-electron chi connectivity index (χ3n) is 4.87. The number of alkyl halides is 3. The fraction of sp³-hybridized carbons (Fsp3) is 0.455. The molecule has 2 N–H and O–H groups in total. The van der Waals surface area contributed by atoms with Crippen molar-refractivity contribution < 1.29 is 27.5 Å². The summed E-state index contributed by atoms with van der Waals surface area (Å²) in [6.07, 6.45) is -1.00. The molecule has 2 amide bonds. The molecular formula is C22H26F3N5O3. The molecule has 1 fully saturated rings. The van der Waals surface area contributed by atoms with Gasteiger partial charge in [-0.25, -0.2) is 14.8 Å². The highest BCUT2D eigenvalue weighted by Crippen LogP contribution is 2.35. The molecule has 178 valence electrons. The maximum Gasteiger partial charge on any atom is 0.416 e. The van der Waals surface area contributed by atoms with Gasteiger partial charge in [0.1, 0.15) is 5.60 Å². The van der Waals surface area contributed by atoms with Crippen LogP contribution in [0.25, 0.3) is 0 Å². The number of nitrogens with one attached hydrogen (secondary N) is 2. The second-order valence-corrected chi connectivity index (χ2v) is 8.71. The molecule has 1 saturated heterocycles. The van der Waals surface area contributed by atoms with Crippen LogP contribution in [0.5, 0.6) is 0 Å². The van der Waals surface area contributed by atoms with Gasteiger partial charge in [-0.3, -0.25) is 10.1 Å². The predicted octanol–water partition coefficient (Wildman–Crippen LogP) is 4.70. The van der Waals surface area contributed by atoms with Crippen LogP contribution in [-0.4, -0.2) is 40.7 Å². The molecular weight excluding hydrogens is 439 g/mol. The number of benzene rings is 1. The van der Waals surface area contributed by atoms with Crippen LogP contribution in [-0.2, 0) is 15.7 Å². The minimum atomic E-state index is -4.61. The Kier molecular flexibility index (Phi) is 7.09. The van der Waals surface area contributed by atoms with Gasteiger partial charge < -0.3 is 15.0 Å². The molecule has 1 aromatic heterocycles. The fourth-order valence-corrected chi connectivity index (χ4v) is 3.41. The highest BCUT2D eigenvalue weighted by atomic mass is 19.4. The first-order valence-electron chi connectivity index (χ1n) is 10.5. The van der Waals surface area contributed by atoms with E-state index in [1.54, 1.807) is 39.2 Å². The average Bonchev–Trinajstić information content (AvgIpc) is 2.73. The summed E-state index contributed by atoms with van der Waals surface area (Å²) in [5, 5.41) is 4.97.